The fourth-order valence-corrected chi connectivity index (χ4v) is 2.92. The molecule has 33 heavy (non-hydrogen) atoms. The van der Waals surface area contributed by atoms with E-state index in [9.17, 15) is 9.59 Å². The van der Waals surface area contributed by atoms with E-state index in [1.807, 2.05) is 30.3 Å². The van der Waals surface area contributed by atoms with E-state index >= 15 is 0 Å². The van der Waals surface area contributed by atoms with Crippen molar-refractivity contribution in [3.05, 3.63) is 65.7 Å². The molecule has 2 aromatic rings. The second kappa shape index (κ2) is 14.7. The van der Waals surface area contributed by atoms with Crippen LogP contribution < -0.4 is 22.1 Å². The molecule has 0 aromatic heterocycles. The Hall–Kier alpha value is -3.27. The SMILES string of the molecule is NCCCCC(N=CC(N)CNC(=O)OCc1ccccc1)C(=O)Nc1ccc(CO)cc1. The fourth-order valence-electron chi connectivity index (χ4n) is 2.92. The third-order valence-corrected chi connectivity index (χ3v) is 4.79. The highest BCUT2D eigenvalue weighted by Gasteiger charge is 2.17. The molecule has 2 aromatic carbocycles. The summed E-state index contributed by atoms with van der Waals surface area (Å²) in [4.78, 5) is 29.0. The first kappa shape index (κ1) is 26.0. The predicted molar refractivity (Wildman–Crippen MR) is 129 cm³/mol. The molecule has 0 radical (unpaired) electrons. The number of carbonyl (C=O) groups excluding carboxylic acids is 2. The molecule has 0 bridgehead atoms. The molecule has 0 aliphatic rings. The van der Waals surface area contributed by atoms with Crippen LogP contribution in [0.1, 0.15) is 30.4 Å². The lowest BCUT2D eigenvalue weighted by Gasteiger charge is -2.15. The summed E-state index contributed by atoms with van der Waals surface area (Å²) in [6.45, 7) is 0.761. The van der Waals surface area contributed by atoms with Crippen LogP contribution in [0.5, 0.6) is 0 Å². The van der Waals surface area contributed by atoms with Crippen LogP contribution in [-0.4, -0.2) is 48.5 Å². The van der Waals surface area contributed by atoms with E-state index < -0.39 is 18.2 Å². The molecule has 0 saturated carbocycles. The smallest absolute Gasteiger partial charge is 0.407 e. The number of nitrogens with one attached hydrogen (secondary N) is 2. The van der Waals surface area contributed by atoms with E-state index in [4.69, 9.17) is 21.3 Å². The average Bonchev–Trinajstić information content (AvgIpc) is 2.84. The van der Waals surface area contributed by atoms with Crippen molar-refractivity contribution in [2.24, 2.45) is 16.5 Å². The van der Waals surface area contributed by atoms with E-state index in [0.717, 1.165) is 24.0 Å². The van der Waals surface area contributed by atoms with Gasteiger partial charge in [-0.1, -0.05) is 42.5 Å². The first-order valence-electron chi connectivity index (χ1n) is 11.0. The van der Waals surface area contributed by atoms with Gasteiger partial charge >= 0.3 is 6.09 Å². The first-order chi connectivity index (χ1) is 16.0. The number of aliphatic imine (C=N–C) groups is 1. The molecule has 0 fully saturated rings. The van der Waals surface area contributed by atoms with Gasteiger partial charge in [-0.25, -0.2) is 4.79 Å². The highest BCUT2D eigenvalue weighted by Crippen LogP contribution is 2.12. The molecule has 178 valence electrons. The number of alkyl carbamates (subject to hydrolysis) is 1. The van der Waals surface area contributed by atoms with Crippen molar-refractivity contribution in [2.45, 2.75) is 44.6 Å². The molecule has 0 saturated heterocycles. The minimum atomic E-state index is -0.634. The highest BCUT2D eigenvalue weighted by molar-refractivity contribution is 5.95. The molecule has 2 rings (SSSR count). The van der Waals surface area contributed by atoms with E-state index in [1.165, 1.54) is 6.21 Å². The van der Waals surface area contributed by atoms with Crippen molar-refractivity contribution < 1.29 is 19.4 Å². The minimum Gasteiger partial charge on any atom is -0.445 e. The largest absolute Gasteiger partial charge is 0.445 e. The summed E-state index contributed by atoms with van der Waals surface area (Å²) < 4.78 is 5.15. The van der Waals surface area contributed by atoms with Gasteiger partial charge in [0.1, 0.15) is 12.6 Å². The predicted octanol–water partition coefficient (Wildman–Crippen LogP) is 1.94. The third kappa shape index (κ3) is 10.3. The van der Waals surface area contributed by atoms with Gasteiger partial charge in [0.25, 0.3) is 0 Å². The summed E-state index contributed by atoms with van der Waals surface area (Å²) in [7, 11) is 0. The zero-order valence-electron chi connectivity index (χ0n) is 18.7. The lowest BCUT2D eigenvalue weighted by Crippen LogP contribution is -2.39. The van der Waals surface area contributed by atoms with Gasteiger partial charge in [0.15, 0.2) is 0 Å². The van der Waals surface area contributed by atoms with Crippen LogP contribution in [0.4, 0.5) is 10.5 Å². The number of carbonyl (C=O) groups is 2. The van der Waals surface area contributed by atoms with Crippen LogP contribution in [0, 0.1) is 0 Å². The maximum absolute atomic E-state index is 12.7. The first-order valence-corrected chi connectivity index (χ1v) is 11.0. The van der Waals surface area contributed by atoms with E-state index in [0.29, 0.717) is 18.7 Å². The number of aliphatic hydroxyl groups is 1. The summed E-state index contributed by atoms with van der Waals surface area (Å²) in [5, 5.41) is 14.6. The van der Waals surface area contributed by atoms with Gasteiger partial charge < -0.3 is 31.9 Å². The highest BCUT2D eigenvalue weighted by atomic mass is 16.5. The van der Waals surface area contributed by atoms with E-state index in [2.05, 4.69) is 15.6 Å². The molecule has 9 heteroatoms. The number of hydrogen-bond acceptors (Lipinski definition) is 7. The quantitative estimate of drug-likeness (QED) is 0.230. The number of rotatable bonds is 13. The van der Waals surface area contributed by atoms with Crippen LogP contribution in [0.2, 0.25) is 0 Å². The number of amides is 2. The number of aliphatic hydroxyl groups excluding tert-OH is 1. The molecular formula is C24H33N5O4. The second-order valence-corrected chi connectivity index (χ2v) is 7.55. The second-order valence-electron chi connectivity index (χ2n) is 7.55. The Morgan fingerprint density at radius 2 is 1.79 bits per heavy atom. The standard InChI is InChI=1S/C24H33N5O4/c25-13-5-4-8-22(23(31)29-21-11-9-18(16-30)10-12-21)27-14-20(26)15-28-24(32)33-17-19-6-2-1-3-7-19/h1-3,6-7,9-12,14,20,22,30H,4-5,8,13,15-17,25-26H2,(H,28,32)(H,29,31). The van der Waals surface area contributed by atoms with Crippen molar-refractivity contribution in [2.75, 3.05) is 18.4 Å². The normalized spacial score (nSPS) is 12.8. The third-order valence-electron chi connectivity index (χ3n) is 4.79. The van der Waals surface area contributed by atoms with Crippen LogP contribution >= 0.6 is 0 Å². The van der Waals surface area contributed by atoms with E-state index in [-0.39, 0.29) is 25.7 Å². The maximum Gasteiger partial charge on any atom is 0.407 e. The number of nitrogens with two attached hydrogens (primary N) is 2. The zero-order chi connectivity index (χ0) is 23.9. The Morgan fingerprint density at radius 3 is 2.45 bits per heavy atom. The summed E-state index contributed by atoms with van der Waals surface area (Å²) >= 11 is 0. The summed E-state index contributed by atoms with van der Waals surface area (Å²) in [6, 6.07) is 15.1. The van der Waals surface area contributed by atoms with Crippen LogP contribution in [0.15, 0.2) is 59.6 Å². The molecule has 9 nitrogen and oxygen atoms in total. The maximum atomic E-state index is 12.7. The van der Waals surface area contributed by atoms with Crippen LogP contribution in [0.25, 0.3) is 0 Å². The van der Waals surface area contributed by atoms with Gasteiger partial charge in [-0.3, -0.25) is 9.79 Å². The fraction of sp³-hybridized carbons (Fsp3) is 0.375. The Morgan fingerprint density at radius 1 is 1.06 bits per heavy atom. The molecule has 0 aliphatic heterocycles. The van der Waals surface area contributed by atoms with Crippen LogP contribution in [0.3, 0.4) is 0 Å². The van der Waals surface area contributed by atoms with Crippen molar-refractivity contribution in [3.8, 4) is 0 Å². The zero-order valence-corrected chi connectivity index (χ0v) is 18.7. The molecule has 2 atom stereocenters. The van der Waals surface area contributed by atoms with Crippen molar-refractivity contribution >= 4 is 23.9 Å². The van der Waals surface area contributed by atoms with Gasteiger partial charge in [-0.2, -0.15) is 0 Å². The topological polar surface area (TPSA) is 152 Å². The van der Waals surface area contributed by atoms with Gasteiger partial charge in [0.2, 0.25) is 5.91 Å². The Labute approximate surface area is 194 Å². The lowest BCUT2D eigenvalue weighted by atomic mass is 10.1. The van der Waals surface area contributed by atoms with Gasteiger partial charge in [-0.05, 0) is 49.1 Å². The van der Waals surface area contributed by atoms with Crippen molar-refractivity contribution in [3.63, 3.8) is 0 Å². The molecular weight excluding hydrogens is 422 g/mol. The van der Waals surface area contributed by atoms with Gasteiger partial charge in [0.05, 0.1) is 12.6 Å². The summed E-state index contributed by atoms with van der Waals surface area (Å²) in [6.07, 6.45) is 2.94. The summed E-state index contributed by atoms with van der Waals surface area (Å²) in [5.41, 5.74) is 13.8. The Kier molecular flexibility index (Phi) is 11.6. The molecule has 0 spiro atoms. The van der Waals surface area contributed by atoms with Crippen LogP contribution in [-0.2, 0) is 22.7 Å². The van der Waals surface area contributed by atoms with E-state index in [1.54, 1.807) is 24.3 Å². The van der Waals surface area contributed by atoms with Gasteiger partial charge in [0, 0.05) is 18.4 Å². The molecule has 2 unspecified atom stereocenters. The molecule has 2 amide bonds. The number of unbranched alkanes of at least 4 members (excludes halogenated alkanes) is 1. The molecule has 7 N–H and O–H groups in total. The number of hydrogen-bond donors (Lipinski definition) is 5. The van der Waals surface area contributed by atoms with Crippen molar-refractivity contribution in [1.82, 2.24) is 5.32 Å². The lowest BCUT2D eigenvalue weighted by molar-refractivity contribution is -0.117. The molecule has 0 heterocycles. The molecule has 0 aliphatic carbocycles. The minimum absolute atomic E-state index is 0.0635. The monoisotopic (exact) mass is 455 g/mol. The number of nitrogens with zero attached hydrogens (tertiary/aromatic N) is 1. The van der Waals surface area contributed by atoms with Crippen molar-refractivity contribution in [1.29, 1.82) is 0 Å². The average molecular weight is 456 g/mol. The summed E-state index contributed by atoms with van der Waals surface area (Å²) in [5.74, 6) is -0.262. The van der Waals surface area contributed by atoms with Gasteiger partial charge in [-0.15, -0.1) is 0 Å². The Balaban J connectivity index is 1.84. The number of benzene rings is 2. The number of anilines is 1. The number of ether oxygens (including phenoxy) is 1. The Bertz CT molecular complexity index is 874.